The first kappa shape index (κ1) is 11.0. The molecule has 2 N–H and O–H groups in total. The zero-order chi connectivity index (χ0) is 10.7. The lowest BCUT2D eigenvalue weighted by Crippen LogP contribution is -2.14. The molecule has 0 aliphatic rings. The number of benzene rings is 1. The van der Waals surface area contributed by atoms with Gasteiger partial charge in [0, 0.05) is 12.5 Å². The van der Waals surface area contributed by atoms with E-state index in [4.69, 9.17) is 5.73 Å². The molecule has 0 saturated carbocycles. The van der Waals surface area contributed by atoms with Gasteiger partial charge in [0.2, 0.25) is 6.43 Å². The van der Waals surface area contributed by atoms with Gasteiger partial charge in [0.15, 0.2) is 0 Å². The molecule has 0 aliphatic carbocycles. The number of hydrogen-bond acceptors (Lipinski definition) is 1. The van der Waals surface area contributed by atoms with Crippen LogP contribution in [0.25, 0.3) is 0 Å². The summed E-state index contributed by atoms with van der Waals surface area (Å²) in [5.41, 5.74) is 6.48. The summed E-state index contributed by atoms with van der Waals surface area (Å²) in [4.78, 5) is 0. The largest absolute Gasteiger partial charge is 0.324 e. The zero-order valence-corrected chi connectivity index (χ0v) is 7.81. The van der Waals surface area contributed by atoms with Gasteiger partial charge in [0.05, 0.1) is 0 Å². The number of alkyl halides is 2. The Balaban J connectivity index is 2.80. The SMILES string of the molecule is Cc1cc([C@@H](N)CC(F)F)ccc1F. The molecule has 0 aliphatic heterocycles. The normalized spacial score (nSPS) is 13.3. The molecule has 0 aromatic heterocycles. The first-order valence-corrected chi connectivity index (χ1v) is 4.30. The Labute approximate surface area is 80.7 Å². The van der Waals surface area contributed by atoms with Crippen molar-refractivity contribution in [3.05, 3.63) is 35.1 Å². The van der Waals surface area contributed by atoms with Crippen LogP contribution in [0, 0.1) is 12.7 Å². The van der Waals surface area contributed by atoms with Gasteiger partial charge in [0.1, 0.15) is 5.82 Å². The summed E-state index contributed by atoms with van der Waals surface area (Å²) >= 11 is 0. The van der Waals surface area contributed by atoms with E-state index in [1.165, 1.54) is 18.2 Å². The number of aryl methyl sites for hydroxylation is 1. The van der Waals surface area contributed by atoms with Crippen molar-refractivity contribution < 1.29 is 13.2 Å². The number of hydrogen-bond donors (Lipinski definition) is 1. The third kappa shape index (κ3) is 2.73. The van der Waals surface area contributed by atoms with Crippen molar-refractivity contribution in [3.8, 4) is 0 Å². The van der Waals surface area contributed by atoms with Crippen molar-refractivity contribution in [2.75, 3.05) is 0 Å². The van der Waals surface area contributed by atoms with E-state index >= 15 is 0 Å². The maximum absolute atomic E-state index is 12.8. The summed E-state index contributed by atoms with van der Waals surface area (Å²) in [6.45, 7) is 1.58. The van der Waals surface area contributed by atoms with Gasteiger partial charge in [-0.25, -0.2) is 13.2 Å². The Morgan fingerprint density at radius 1 is 1.36 bits per heavy atom. The van der Waals surface area contributed by atoms with E-state index in [0.717, 1.165) is 0 Å². The average molecular weight is 203 g/mol. The fourth-order valence-electron chi connectivity index (χ4n) is 1.23. The van der Waals surface area contributed by atoms with Crippen LogP contribution in [0.2, 0.25) is 0 Å². The Morgan fingerprint density at radius 3 is 2.50 bits per heavy atom. The summed E-state index contributed by atoms with van der Waals surface area (Å²) in [5.74, 6) is -0.349. The van der Waals surface area contributed by atoms with Crippen LogP contribution in [-0.2, 0) is 0 Å². The second-order valence-corrected chi connectivity index (χ2v) is 3.24. The summed E-state index contributed by atoms with van der Waals surface area (Å²) in [6, 6.07) is 3.46. The van der Waals surface area contributed by atoms with Crippen LogP contribution in [0.15, 0.2) is 18.2 Å². The Kier molecular flexibility index (Phi) is 3.52. The van der Waals surface area contributed by atoms with Crippen molar-refractivity contribution in [3.63, 3.8) is 0 Å². The standard InChI is InChI=1S/C10H12F3N/c1-6-4-7(2-3-8(6)11)9(14)5-10(12)13/h2-4,9-10H,5,14H2,1H3/t9-/m0/s1. The third-order valence-corrected chi connectivity index (χ3v) is 2.04. The van der Waals surface area contributed by atoms with E-state index < -0.39 is 18.9 Å². The molecule has 0 fully saturated rings. The molecule has 0 spiro atoms. The van der Waals surface area contributed by atoms with Crippen LogP contribution in [0.5, 0.6) is 0 Å². The molecule has 0 heterocycles. The molecular formula is C10H12F3N. The average Bonchev–Trinajstić information content (AvgIpc) is 2.08. The van der Waals surface area contributed by atoms with Gasteiger partial charge < -0.3 is 5.73 Å². The molecular weight excluding hydrogens is 191 g/mol. The highest BCUT2D eigenvalue weighted by Crippen LogP contribution is 2.20. The van der Waals surface area contributed by atoms with E-state index in [2.05, 4.69) is 0 Å². The molecule has 0 amide bonds. The molecule has 78 valence electrons. The van der Waals surface area contributed by atoms with Crippen LogP contribution >= 0.6 is 0 Å². The fraction of sp³-hybridized carbons (Fsp3) is 0.400. The van der Waals surface area contributed by atoms with E-state index in [9.17, 15) is 13.2 Å². The first-order valence-electron chi connectivity index (χ1n) is 4.30. The molecule has 1 nitrogen and oxygen atoms in total. The lowest BCUT2D eigenvalue weighted by atomic mass is 10.0. The lowest BCUT2D eigenvalue weighted by molar-refractivity contribution is 0.128. The van der Waals surface area contributed by atoms with Gasteiger partial charge in [-0.1, -0.05) is 12.1 Å². The van der Waals surface area contributed by atoms with Gasteiger partial charge in [-0.15, -0.1) is 0 Å². The number of halogens is 3. The molecule has 1 atom stereocenters. The van der Waals surface area contributed by atoms with Gasteiger partial charge >= 0.3 is 0 Å². The maximum atomic E-state index is 12.8. The monoisotopic (exact) mass is 203 g/mol. The van der Waals surface area contributed by atoms with E-state index in [1.807, 2.05) is 0 Å². The van der Waals surface area contributed by atoms with Gasteiger partial charge in [-0.3, -0.25) is 0 Å². The first-order chi connectivity index (χ1) is 6.50. The third-order valence-electron chi connectivity index (χ3n) is 2.04. The van der Waals surface area contributed by atoms with Gasteiger partial charge in [0.25, 0.3) is 0 Å². The highest BCUT2D eigenvalue weighted by Gasteiger charge is 2.13. The van der Waals surface area contributed by atoms with Crippen molar-refractivity contribution in [2.24, 2.45) is 5.73 Å². The highest BCUT2D eigenvalue weighted by molar-refractivity contribution is 5.26. The van der Waals surface area contributed by atoms with Crippen molar-refractivity contribution in [1.82, 2.24) is 0 Å². The van der Waals surface area contributed by atoms with Crippen LogP contribution in [0.1, 0.15) is 23.6 Å². The summed E-state index contributed by atoms with van der Waals surface area (Å²) in [6.07, 6.45) is -2.83. The van der Waals surface area contributed by atoms with Gasteiger partial charge in [-0.2, -0.15) is 0 Å². The molecule has 0 saturated heterocycles. The van der Waals surface area contributed by atoms with Crippen LogP contribution in [0.3, 0.4) is 0 Å². The zero-order valence-electron chi connectivity index (χ0n) is 7.81. The molecule has 1 aromatic carbocycles. The topological polar surface area (TPSA) is 26.0 Å². The Morgan fingerprint density at radius 2 is 2.00 bits per heavy atom. The van der Waals surface area contributed by atoms with E-state index in [0.29, 0.717) is 11.1 Å². The number of nitrogens with two attached hydrogens (primary N) is 1. The summed E-state index contributed by atoms with van der Waals surface area (Å²) in [5, 5.41) is 0. The molecule has 0 bridgehead atoms. The predicted molar refractivity (Wildman–Crippen MR) is 48.7 cm³/mol. The quantitative estimate of drug-likeness (QED) is 0.803. The Hall–Kier alpha value is -1.03. The van der Waals surface area contributed by atoms with Crippen molar-refractivity contribution in [2.45, 2.75) is 25.8 Å². The smallest absolute Gasteiger partial charge is 0.240 e. The van der Waals surface area contributed by atoms with Crippen LogP contribution < -0.4 is 5.73 Å². The molecule has 1 rings (SSSR count). The lowest BCUT2D eigenvalue weighted by Gasteiger charge is -2.12. The maximum Gasteiger partial charge on any atom is 0.240 e. The Bertz CT molecular complexity index is 312. The summed E-state index contributed by atoms with van der Waals surface area (Å²) in [7, 11) is 0. The fourth-order valence-corrected chi connectivity index (χ4v) is 1.23. The molecule has 0 unspecified atom stereocenters. The van der Waals surface area contributed by atoms with Crippen LogP contribution in [0.4, 0.5) is 13.2 Å². The van der Waals surface area contributed by atoms with E-state index in [-0.39, 0.29) is 5.82 Å². The van der Waals surface area contributed by atoms with Crippen molar-refractivity contribution in [1.29, 1.82) is 0 Å². The molecule has 1 aromatic rings. The minimum Gasteiger partial charge on any atom is -0.324 e. The minimum atomic E-state index is -2.43. The number of rotatable bonds is 3. The molecule has 4 heteroatoms. The predicted octanol–water partition coefficient (Wildman–Crippen LogP) is 2.79. The van der Waals surface area contributed by atoms with Crippen molar-refractivity contribution >= 4 is 0 Å². The highest BCUT2D eigenvalue weighted by atomic mass is 19.3. The second-order valence-electron chi connectivity index (χ2n) is 3.24. The molecule has 0 radical (unpaired) electrons. The molecule has 14 heavy (non-hydrogen) atoms. The van der Waals surface area contributed by atoms with Gasteiger partial charge in [-0.05, 0) is 24.1 Å². The summed E-state index contributed by atoms with van der Waals surface area (Å²) < 4.78 is 36.8. The van der Waals surface area contributed by atoms with Crippen LogP contribution in [-0.4, -0.2) is 6.43 Å². The van der Waals surface area contributed by atoms with E-state index in [1.54, 1.807) is 6.92 Å². The second kappa shape index (κ2) is 4.46. The minimum absolute atomic E-state index is 0.349.